The van der Waals surface area contributed by atoms with Gasteiger partial charge >= 0.3 is 0 Å². The second-order valence-electron chi connectivity index (χ2n) is 6.59. The van der Waals surface area contributed by atoms with Gasteiger partial charge in [-0.2, -0.15) is 0 Å². The molecule has 0 aliphatic rings. The van der Waals surface area contributed by atoms with Crippen LogP contribution in [0.4, 0.5) is 0 Å². The lowest BCUT2D eigenvalue weighted by Gasteiger charge is -2.20. The third-order valence-electron chi connectivity index (χ3n) is 4.27. The number of sulfonamides is 1. The molecular formula is C20H23N3O4S2. The molecule has 0 spiro atoms. The number of rotatable bonds is 10. The molecule has 2 aromatic heterocycles. The van der Waals surface area contributed by atoms with E-state index in [2.05, 4.69) is 5.32 Å². The van der Waals surface area contributed by atoms with E-state index in [1.807, 2.05) is 34.5 Å². The Morgan fingerprint density at radius 2 is 1.90 bits per heavy atom. The van der Waals surface area contributed by atoms with Gasteiger partial charge in [-0.05, 0) is 47.7 Å². The first-order chi connectivity index (χ1) is 13.9. The number of furan rings is 1. The van der Waals surface area contributed by atoms with Crippen LogP contribution in [-0.4, -0.2) is 32.3 Å². The fraction of sp³-hybridized carbons (Fsp3) is 0.250. The van der Waals surface area contributed by atoms with E-state index in [-0.39, 0.29) is 17.3 Å². The second kappa shape index (κ2) is 9.84. The molecule has 0 saturated heterocycles. The molecule has 0 unspecified atom stereocenters. The zero-order valence-electron chi connectivity index (χ0n) is 15.8. The number of amides is 1. The van der Waals surface area contributed by atoms with Crippen molar-refractivity contribution in [2.75, 3.05) is 13.1 Å². The summed E-state index contributed by atoms with van der Waals surface area (Å²) in [6.45, 7) is 1.93. The highest BCUT2D eigenvalue weighted by Crippen LogP contribution is 2.14. The largest absolute Gasteiger partial charge is 0.468 e. The Kier molecular flexibility index (Phi) is 7.21. The highest BCUT2D eigenvalue weighted by molar-refractivity contribution is 7.89. The lowest BCUT2D eigenvalue weighted by atomic mass is 10.1. The molecule has 154 valence electrons. The van der Waals surface area contributed by atoms with E-state index >= 15 is 0 Å². The fourth-order valence-corrected chi connectivity index (χ4v) is 4.13. The summed E-state index contributed by atoms with van der Waals surface area (Å²) in [4.78, 5) is 15.7. The molecule has 0 aliphatic heterocycles. The molecule has 2 heterocycles. The van der Waals surface area contributed by atoms with Crippen LogP contribution in [0.5, 0.6) is 0 Å². The Bertz CT molecular complexity index is 962. The Hall–Kier alpha value is -2.46. The van der Waals surface area contributed by atoms with Gasteiger partial charge in [-0.1, -0.05) is 18.2 Å². The summed E-state index contributed by atoms with van der Waals surface area (Å²) >= 11 is 1.65. The summed E-state index contributed by atoms with van der Waals surface area (Å²) in [6, 6.07) is 14.1. The normalized spacial score (nSPS) is 11.7. The summed E-state index contributed by atoms with van der Waals surface area (Å²) in [5, 5.41) is 10.0. The lowest BCUT2D eigenvalue weighted by molar-refractivity contribution is -0.122. The van der Waals surface area contributed by atoms with Crippen molar-refractivity contribution < 1.29 is 17.6 Å². The van der Waals surface area contributed by atoms with Crippen LogP contribution < -0.4 is 10.5 Å². The molecule has 7 nitrogen and oxygen atoms in total. The van der Waals surface area contributed by atoms with Gasteiger partial charge in [0, 0.05) is 18.0 Å². The van der Waals surface area contributed by atoms with Crippen molar-refractivity contribution in [2.24, 2.45) is 5.14 Å². The first-order valence-electron chi connectivity index (χ1n) is 9.06. The van der Waals surface area contributed by atoms with Gasteiger partial charge in [0.2, 0.25) is 15.9 Å². The van der Waals surface area contributed by atoms with Crippen LogP contribution in [0.1, 0.15) is 16.2 Å². The molecule has 3 N–H and O–H groups in total. The first kappa shape index (κ1) is 21.3. The van der Waals surface area contributed by atoms with Crippen LogP contribution >= 0.6 is 11.3 Å². The molecule has 0 bridgehead atoms. The summed E-state index contributed by atoms with van der Waals surface area (Å²) in [6.07, 6.45) is 2.22. The van der Waals surface area contributed by atoms with Crippen molar-refractivity contribution >= 4 is 27.3 Å². The molecule has 0 saturated carbocycles. The van der Waals surface area contributed by atoms with Gasteiger partial charge in [-0.25, -0.2) is 13.6 Å². The van der Waals surface area contributed by atoms with Crippen LogP contribution in [0.2, 0.25) is 0 Å². The third-order valence-corrected chi connectivity index (χ3v) is 6.06. The van der Waals surface area contributed by atoms with Gasteiger partial charge in [0.1, 0.15) is 5.76 Å². The van der Waals surface area contributed by atoms with Gasteiger partial charge in [0.25, 0.3) is 0 Å². The Labute approximate surface area is 174 Å². The number of thiophene rings is 1. The first-order valence-corrected chi connectivity index (χ1v) is 11.5. The number of carbonyl (C=O) groups is 1. The van der Waals surface area contributed by atoms with Crippen molar-refractivity contribution in [3.8, 4) is 0 Å². The topological polar surface area (TPSA) is 106 Å². The molecular weight excluding hydrogens is 410 g/mol. The van der Waals surface area contributed by atoms with E-state index in [1.54, 1.807) is 29.7 Å². The van der Waals surface area contributed by atoms with E-state index in [0.717, 1.165) is 11.3 Å². The van der Waals surface area contributed by atoms with Crippen LogP contribution in [0.3, 0.4) is 0 Å². The molecule has 0 radical (unpaired) electrons. The highest BCUT2D eigenvalue weighted by atomic mass is 32.2. The molecule has 9 heteroatoms. The predicted octanol–water partition coefficient (Wildman–Crippen LogP) is 2.35. The van der Waals surface area contributed by atoms with Crippen LogP contribution in [0, 0.1) is 0 Å². The van der Waals surface area contributed by atoms with Gasteiger partial charge < -0.3 is 9.73 Å². The molecule has 0 aliphatic carbocycles. The van der Waals surface area contributed by atoms with Gasteiger partial charge in [-0.3, -0.25) is 9.69 Å². The summed E-state index contributed by atoms with van der Waals surface area (Å²) in [5.41, 5.74) is 0.920. The third kappa shape index (κ3) is 6.82. The zero-order valence-corrected chi connectivity index (χ0v) is 17.4. The van der Waals surface area contributed by atoms with Crippen molar-refractivity contribution in [2.45, 2.75) is 24.4 Å². The number of carbonyl (C=O) groups excluding carboxylic acids is 1. The highest BCUT2D eigenvalue weighted by Gasteiger charge is 2.14. The van der Waals surface area contributed by atoms with Crippen molar-refractivity contribution in [3.05, 3.63) is 76.4 Å². The molecule has 3 rings (SSSR count). The molecule has 0 atom stereocenters. The lowest BCUT2D eigenvalue weighted by Crippen LogP contribution is -2.37. The summed E-state index contributed by atoms with van der Waals surface area (Å²) in [7, 11) is -3.69. The molecule has 29 heavy (non-hydrogen) atoms. The maximum Gasteiger partial charge on any atom is 0.238 e. The molecule has 3 aromatic rings. The number of hydrogen-bond acceptors (Lipinski definition) is 6. The number of benzene rings is 1. The average Bonchev–Trinajstić information content (AvgIpc) is 3.35. The van der Waals surface area contributed by atoms with Crippen molar-refractivity contribution in [3.63, 3.8) is 0 Å². The monoisotopic (exact) mass is 433 g/mol. The predicted molar refractivity (Wildman–Crippen MR) is 112 cm³/mol. The molecule has 1 aromatic carbocycles. The number of primary sulfonamides is 1. The maximum absolute atomic E-state index is 12.4. The van der Waals surface area contributed by atoms with E-state index in [4.69, 9.17) is 9.56 Å². The Morgan fingerprint density at radius 3 is 2.52 bits per heavy atom. The van der Waals surface area contributed by atoms with Crippen LogP contribution in [-0.2, 0) is 34.3 Å². The summed E-state index contributed by atoms with van der Waals surface area (Å²) in [5.74, 6) is 0.735. The Morgan fingerprint density at radius 1 is 1.10 bits per heavy atom. The van der Waals surface area contributed by atoms with Crippen LogP contribution in [0.25, 0.3) is 0 Å². The minimum atomic E-state index is -3.69. The smallest absolute Gasteiger partial charge is 0.238 e. The molecule has 0 fully saturated rings. The van der Waals surface area contributed by atoms with Crippen LogP contribution in [0.15, 0.2) is 69.5 Å². The number of hydrogen-bond donors (Lipinski definition) is 2. The van der Waals surface area contributed by atoms with Crippen molar-refractivity contribution in [1.29, 1.82) is 0 Å². The number of nitrogens with two attached hydrogens (primary N) is 1. The Balaban J connectivity index is 1.50. The standard InChI is InChI=1S/C20H23N3O4S2/c21-29(25,26)19-7-5-16(6-8-19)9-10-22-20(24)15-23(13-17-3-1-11-27-17)14-18-4-2-12-28-18/h1-8,11-12H,9-10,13-15H2,(H,22,24)(H2,21,25,26). The zero-order chi connectivity index (χ0) is 20.7. The van der Waals surface area contributed by atoms with E-state index in [9.17, 15) is 13.2 Å². The minimum Gasteiger partial charge on any atom is -0.468 e. The number of nitrogens with zero attached hydrogens (tertiary/aromatic N) is 1. The SMILES string of the molecule is NS(=O)(=O)c1ccc(CCNC(=O)CN(Cc2ccco2)Cc2cccs2)cc1. The van der Waals surface area contributed by atoms with Crippen molar-refractivity contribution in [1.82, 2.24) is 10.2 Å². The minimum absolute atomic E-state index is 0.0748. The van der Waals surface area contributed by atoms with Gasteiger partial charge in [0.05, 0.1) is 24.2 Å². The second-order valence-corrected chi connectivity index (χ2v) is 9.19. The van der Waals surface area contributed by atoms with E-state index in [0.29, 0.717) is 26.1 Å². The van der Waals surface area contributed by atoms with Gasteiger partial charge in [-0.15, -0.1) is 11.3 Å². The van der Waals surface area contributed by atoms with Gasteiger partial charge in [0.15, 0.2) is 0 Å². The van der Waals surface area contributed by atoms with E-state index < -0.39 is 10.0 Å². The maximum atomic E-state index is 12.4. The van der Waals surface area contributed by atoms with E-state index in [1.165, 1.54) is 17.0 Å². The fourth-order valence-electron chi connectivity index (χ4n) is 2.86. The number of nitrogens with one attached hydrogen (secondary N) is 1. The average molecular weight is 434 g/mol. The summed E-state index contributed by atoms with van der Waals surface area (Å²) < 4.78 is 28.0. The molecule has 1 amide bonds. The quantitative estimate of drug-likeness (QED) is 0.511.